The SMILES string of the molecule is CC(C)(C)C1CCC(CBr)(CCCS(C)(=O)=O)CC1. The minimum Gasteiger partial charge on any atom is -0.229 e. The first-order valence-corrected chi connectivity index (χ1v) is 10.5. The molecule has 0 atom stereocenters. The molecule has 1 fully saturated rings. The fourth-order valence-corrected chi connectivity index (χ4v) is 4.77. The zero-order chi connectivity index (χ0) is 14.7. The van der Waals surface area contributed by atoms with Crippen molar-refractivity contribution in [3.05, 3.63) is 0 Å². The molecule has 0 heterocycles. The molecule has 19 heavy (non-hydrogen) atoms. The van der Waals surface area contributed by atoms with Crippen LogP contribution in [0.15, 0.2) is 0 Å². The standard InChI is InChI=1S/C15H29BrO2S/c1-14(2,3)13-6-9-15(12-16,10-7-13)8-5-11-19(4,17)18/h13H,5-12H2,1-4H3. The first kappa shape index (κ1) is 17.5. The Morgan fingerprint density at radius 2 is 1.74 bits per heavy atom. The van der Waals surface area contributed by atoms with Crippen LogP contribution in [-0.4, -0.2) is 25.8 Å². The quantitative estimate of drug-likeness (QED) is 0.685. The van der Waals surface area contributed by atoms with Gasteiger partial charge in [0.25, 0.3) is 0 Å². The summed E-state index contributed by atoms with van der Waals surface area (Å²) in [6.07, 6.45) is 8.24. The average molecular weight is 353 g/mol. The molecule has 0 N–H and O–H groups in total. The van der Waals surface area contributed by atoms with Crippen LogP contribution in [0.4, 0.5) is 0 Å². The van der Waals surface area contributed by atoms with Crippen molar-refractivity contribution < 1.29 is 8.42 Å². The molecule has 114 valence electrons. The van der Waals surface area contributed by atoms with Gasteiger partial charge >= 0.3 is 0 Å². The van der Waals surface area contributed by atoms with Crippen LogP contribution in [0.1, 0.15) is 59.3 Å². The van der Waals surface area contributed by atoms with Crippen molar-refractivity contribution in [2.75, 3.05) is 17.3 Å². The van der Waals surface area contributed by atoms with E-state index in [0.29, 0.717) is 16.6 Å². The van der Waals surface area contributed by atoms with E-state index in [4.69, 9.17) is 0 Å². The van der Waals surface area contributed by atoms with Gasteiger partial charge in [-0.25, -0.2) is 8.42 Å². The lowest BCUT2D eigenvalue weighted by molar-refractivity contribution is 0.0970. The molecule has 1 rings (SSSR count). The highest BCUT2D eigenvalue weighted by Gasteiger charge is 2.37. The Hall–Kier alpha value is 0.430. The molecule has 0 aromatic rings. The zero-order valence-corrected chi connectivity index (χ0v) is 15.2. The average Bonchev–Trinajstić information content (AvgIpc) is 2.26. The fraction of sp³-hybridized carbons (Fsp3) is 1.00. The largest absolute Gasteiger partial charge is 0.229 e. The topological polar surface area (TPSA) is 34.1 Å². The molecule has 1 aliphatic carbocycles. The maximum absolute atomic E-state index is 11.2. The van der Waals surface area contributed by atoms with Gasteiger partial charge in [0.15, 0.2) is 0 Å². The van der Waals surface area contributed by atoms with Gasteiger partial charge in [0.1, 0.15) is 9.84 Å². The Labute approximate surface area is 127 Å². The highest BCUT2D eigenvalue weighted by atomic mass is 79.9. The van der Waals surface area contributed by atoms with E-state index in [-0.39, 0.29) is 0 Å². The molecule has 0 radical (unpaired) electrons. The summed E-state index contributed by atoms with van der Waals surface area (Å²) in [5, 5.41) is 1.01. The highest BCUT2D eigenvalue weighted by molar-refractivity contribution is 9.09. The summed E-state index contributed by atoms with van der Waals surface area (Å²) in [4.78, 5) is 0. The van der Waals surface area contributed by atoms with Crippen LogP contribution in [0.3, 0.4) is 0 Å². The predicted octanol–water partition coefficient (Wildman–Crippen LogP) is 4.43. The number of hydrogen-bond acceptors (Lipinski definition) is 2. The first-order valence-electron chi connectivity index (χ1n) is 7.32. The van der Waals surface area contributed by atoms with E-state index in [9.17, 15) is 8.42 Å². The zero-order valence-electron chi connectivity index (χ0n) is 12.8. The molecule has 1 aliphatic rings. The number of alkyl halides is 1. The summed E-state index contributed by atoms with van der Waals surface area (Å²) in [6, 6.07) is 0. The third-order valence-corrected chi connectivity index (χ3v) is 7.00. The molecule has 0 aromatic heterocycles. The van der Waals surface area contributed by atoms with Crippen LogP contribution in [0.2, 0.25) is 0 Å². The molecule has 0 spiro atoms. The Morgan fingerprint density at radius 3 is 2.11 bits per heavy atom. The summed E-state index contributed by atoms with van der Waals surface area (Å²) < 4.78 is 22.5. The van der Waals surface area contributed by atoms with E-state index in [1.54, 1.807) is 0 Å². The second-order valence-corrected chi connectivity index (χ2v) is 10.3. The molecule has 4 heteroatoms. The predicted molar refractivity (Wildman–Crippen MR) is 86.6 cm³/mol. The lowest BCUT2D eigenvalue weighted by Gasteiger charge is -2.43. The van der Waals surface area contributed by atoms with E-state index < -0.39 is 9.84 Å². The van der Waals surface area contributed by atoms with Crippen LogP contribution >= 0.6 is 15.9 Å². The summed E-state index contributed by atoms with van der Waals surface area (Å²) in [7, 11) is -2.81. The molecule has 1 saturated carbocycles. The van der Waals surface area contributed by atoms with E-state index in [2.05, 4.69) is 36.7 Å². The Morgan fingerprint density at radius 1 is 1.21 bits per heavy atom. The Bertz CT molecular complexity index is 373. The normalized spacial score (nSPS) is 29.4. The summed E-state index contributed by atoms with van der Waals surface area (Å²) >= 11 is 3.67. The Balaban J connectivity index is 2.51. The third kappa shape index (κ3) is 5.74. The van der Waals surface area contributed by atoms with Crippen LogP contribution < -0.4 is 0 Å². The molecular weight excluding hydrogens is 324 g/mol. The number of rotatable bonds is 5. The van der Waals surface area contributed by atoms with Gasteiger partial charge in [0.2, 0.25) is 0 Å². The molecule has 0 aliphatic heterocycles. The molecule has 0 saturated heterocycles. The summed E-state index contributed by atoms with van der Waals surface area (Å²) in [6.45, 7) is 7.01. The van der Waals surface area contributed by atoms with E-state index >= 15 is 0 Å². The molecule has 0 unspecified atom stereocenters. The van der Waals surface area contributed by atoms with Crippen molar-refractivity contribution in [2.24, 2.45) is 16.7 Å². The van der Waals surface area contributed by atoms with Crippen molar-refractivity contribution in [3.63, 3.8) is 0 Å². The minimum atomic E-state index is -2.81. The van der Waals surface area contributed by atoms with Crippen LogP contribution in [0.5, 0.6) is 0 Å². The molecule has 2 nitrogen and oxygen atoms in total. The summed E-state index contributed by atoms with van der Waals surface area (Å²) in [5.74, 6) is 1.15. The molecule has 0 bridgehead atoms. The van der Waals surface area contributed by atoms with Gasteiger partial charge in [-0.1, -0.05) is 36.7 Å². The second kappa shape index (κ2) is 6.46. The maximum Gasteiger partial charge on any atom is 0.147 e. The lowest BCUT2D eigenvalue weighted by Crippen LogP contribution is -2.34. The highest BCUT2D eigenvalue weighted by Crippen LogP contribution is 2.48. The van der Waals surface area contributed by atoms with Gasteiger partial charge < -0.3 is 0 Å². The van der Waals surface area contributed by atoms with Gasteiger partial charge in [-0.05, 0) is 55.3 Å². The lowest BCUT2D eigenvalue weighted by atomic mass is 9.63. The van der Waals surface area contributed by atoms with Crippen molar-refractivity contribution >= 4 is 25.8 Å². The van der Waals surface area contributed by atoms with Crippen LogP contribution in [0.25, 0.3) is 0 Å². The van der Waals surface area contributed by atoms with Gasteiger partial charge in [0.05, 0.1) is 0 Å². The van der Waals surface area contributed by atoms with Crippen molar-refractivity contribution in [1.29, 1.82) is 0 Å². The van der Waals surface area contributed by atoms with Crippen molar-refractivity contribution in [1.82, 2.24) is 0 Å². The van der Waals surface area contributed by atoms with E-state index in [1.807, 2.05) is 0 Å². The second-order valence-electron chi connectivity index (χ2n) is 7.51. The fourth-order valence-electron chi connectivity index (χ4n) is 3.26. The number of halogens is 1. The van der Waals surface area contributed by atoms with Crippen molar-refractivity contribution in [3.8, 4) is 0 Å². The number of sulfone groups is 1. The smallest absolute Gasteiger partial charge is 0.147 e. The van der Waals surface area contributed by atoms with Crippen molar-refractivity contribution in [2.45, 2.75) is 59.3 Å². The minimum absolute atomic E-state index is 0.338. The van der Waals surface area contributed by atoms with E-state index in [0.717, 1.165) is 24.1 Å². The van der Waals surface area contributed by atoms with Crippen LogP contribution in [-0.2, 0) is 9.84 Å². The van der Waals surface area contributed by atoms with Crippen LogP contribution in [0, 0.1) is 16.7 Å². The van der Waals surface area contributed by atoms with Gasteiger partial charge in [-0.2, -0.15) is 0 Å². The maximum atomic E-state index is 11.2. The van der Waals surface area contributed by atoms with Gasteiger partial charge in [-0.15, -0.1) is 0 Å². The van der Waals surface area contributed by atoms with E-state index in [1.165, 1.54) is 31.9 Å². The number of hydrogen-bond donors (Lipinski definition) is 0. The van der Waals surface area contributed by atoms with Gasteiger partial charge in [-0.3, -0.25) is 0 Å². The van der Waals surface area contributed by atoms with Gasteiger partial charge in [0, 0.05) is 17.3 Å². The molecule has 0 amide bonds. The molecular formula is C15H29BrO2S. The molecule has 0 aromatic carbocycles. The monoisotopic (exact) mass is 352 g/mol. The summed E-state index contributed by atoms with van der Waals surface area (Å²) in [5.41, 5.74) is 0.748. The Kier molecular flexibility index (Phi) is 5.95. The third-order valence-electron chi connectivity index (χ3n) is 4.78. The first-order chi connectivity index (χ1) is 8.58.